The molecule has 5 N–H and O–H groups in total. The smallest absolute Gasteiger partial charge is 0.347 e. The summed E-state index contributed by atoms with van der Waals surface area (Å²) in [6.07, 6.45) is -7.37. The van der Waals surface area contributed by atoms with Gasteiger partial charge in [-0.3, -0.25) is 0 Å². The third kappa shape index (κ3) is 3.58. The molecular formula is C21H22O10. The monoisotopic (exact) mass is 434 g/mol. The lowest BCUT2D eigenvalue weighted by Gasteiger charge is -2.39. The Morgan fingerprint density at radius 2 is 1.74 bits per heavy atom. The maximum absolute atomic E-state index is 12.5. The van der Waals surface area contributed by atoms with Crippen LogP contribution in [-0.2, 0) is 4.74 Å². The Hall–Kier alpha value is -2.89. The van der Waals surface area contributed by atoms with E-state index >= 15 is 0 Å². The number of methoxy groups -OCH3 is 1. The molecule has 0 radical (unpaired) electrons. The fraction of sp³-hybridized carbons (Fsp3) is 0.381. The summed E-state index contributed by atoms with van der Waals surface area (Å²) in [5, 5.41) is 50.7. The summed E-state index contributed by atoms with van der Waals surface area (Å²) >= 11 is 0. The van der Waals surface area contributed by atoms with Crippen molar-refractivity contribution in [3.05, 3.63) is 40.2 Å². The average molecular weight is 434 g/mol. The van der Waals surface area contributed by atoms with Crippen LogP contribution in [0.1, 0.15) is 5.56 Å². The zero-order valence-electron chi connectivity index (χ0n) is 16.7. The third-order valence-electron chi connectivity index (χ3n) is 5.38. The molecule has 0 spiro atoms. The molecule has 0 amide bonds. The van der Waals surface area contributed by atoms with Gasteiger partial charge in [-0.2, -0.15) is 0 Å². The molecule has 0 saturated carbocycles. The van der Waals surface area contributed by atoms with E-state index in [1.54, 1.807) is 19.1 Å². The van der Waals surface area contributed by atoms with Gasteiger partial charge in [0, 0.05) is 22.9 Å². The molecule has 31 heavy (non-hydrogen) atoms. The molecule has 4 rings (SSSR count). The van der Waals surface area contributed by atoms with Crippen molar-refractivity contribution in [2.75, 3.05) is 13.7 Å². The summed E-state index contributed by atoms with van der Waals surface area (Å²) in [5.74, 6) is 0.102. The largest absolute Gasteiger partial charge is 0.507 e. The van der Waals surface area contributed by atoms with Crippen molar-refractivity contribution in [2.45, 2.75) is 37.6 Å². The minimum atomic E-state index is -1.63. The molecule has 1 aliphatic heterocycles. The first kappa shape index (κ1) is 21.3. The van der Waals surface area contributed by atoms with Crippen molar-refractivity contribution >= 4 is 21.7 Å². The number of aryl methyl sites for hydroxylation is 1. The number of ether oxygens (including phenoxy) is 3. The van der Waals surface area contributed by atoms with Gasteiger partial charge in [0.25, 0.3) is 0 Å². The minimum absolute atomic E-state index is 0.0245. The molecule has 0 bridgehead atoms. The highest BCUT2D eigenvalue weighted by Crippen LogP contribution is 2.37. The fourth-order valence-corrected chi connectivity index (χ4v) is 3.80. The molecule has 0 unspecified atom stereocenters. The molecular weight excluding hydrogens is 412 g/mol. The molecule has 2 heterocycles. The van der Waals surface area contributed by atoms with Gasteiger partial charge in [0.2, 0.25) is 6.29 Å². The van der Waals surface area contributed by atoms with Crippen molar-refractivity contribution in [2.24, 2.45) is 0 Å². The lowest BCUT2D eigenvalue weighted by molar-refractivity contribution is -0.277. The molecule has 0 aliphatic carbocycles. The van der Waals surface area contributed by atoms with Gasteiger partial charge in [0.1, 0.15) is 52.6 Å². The van der Waals surface area contributed by atoms with Gasteiger partial charge in [-0.05, 0) is 24.6 Å². The molecule has 10 nitrogen and oxygen atoms in total. The highest BCUT2D eigenvalue weighted by Gasteiger charge is 2.44. The number of aliphatic hydroxyl groups excluding tert-OH is 4. The minimum Gasteiger partial charge on any atom is -0.507 e. The van der Waals surface area contributed by atoms with Crippen LogP contribution in [0.2, 0.25) is 0 Å². The van der Waals surface area contributed by atoms with E-state index in [9.17, 15) is 30.3 Å². The SMILES string of the molecule is COc1cc(C)c2c(c1)oc(=O)c1c(O)cc(O[C@@H]3O[C@H](CO)[C@H](O)[C@H](O)[C@H]3O)cc12. The van der Waals surface area contributed by atoms with Crippen molar-refractivity contribution in [1.29, 1.82) is 0 Å². The van der Waals surface area contributed by atoms with Gasteiger partial charge in [-0.15, -0.1) is 0 Å². The Morgan fingerprint density at radius 3 is 2.42 bits per heavy atom. The van der Waals surface area contributed by atoms with Crippen LogP contribution < -0.4 is 15.1 Å². The topological polar surface area (TPSA) is 159 Å². The van der Waals surface area contributed by atoms with E-state index in [0.717, 1.165) is 6.07 Å². The molecule has 10 heteroatoms. The lowest BCUT2D eigenvalue weighted by atomic mass is 9.99. The van der Waals surface area contributed by atoms with E-state index in [1.807, 2.05) is 0 Å². The predicted molar refractivity (Wildman–Crippen MR) is 107 cm³/mol. The van der Waals surface area contributed by atoms with Gasteiger partial charge >= 0.3 is 5.63 Å². The molecule has 1 aliphatic rings. The van der Waals surface area contributed by atoms with Gasteiger partial charge in [-0.25, -0.2) is 4.79 Å². The van der Waals surface area contributed by atoms with E-state index < -0.39 is 48.7 Å². The van der Waals surface area contributed by atoms with Gasteiger partial charge < -0.3 is 44.2 Å². The van der Waals surface area contributed by atoms with Gasteiger partial charge in [0.05, 0.1) is 13.7 Å². The molecule has 166 valence electrons. The highest BCUT2D eigenvalue weighted by atomic mass is 16.7. The van der Waals surface area contributed by atoms with Gasteiger partial charge in [0.15, 0.2) is 0 Å². The van der Waals surface area contributed by atoms with E-state index in [2.05, 4.69) is 0 Å². The fourth-order valence-electron chi connectivity index (χ4n) is 3.80. The molecule has 1 aromatic heterocycles. The van der Waals surface area contributed by atoms with Crippen LogP contribution in [-0.4, -0.2) is 70.0 Å². The number of phenols is 1. The standard InChI is InChI=1S/C21H22O10/c1-8-3-9(28-2)6-13-15(8)11-4-10(5-12(23)16(11)20(27)30-13)29-21-19(26)18(25)17(24)14(7-22)31-21/h3-6,14,17-19,21-26H,7H2,1-2H3/t14-,17+,18+,19-,21-/m1/s1. The van der Waals surface area contributed by atoms with Crippen molar-refractivity contribution < 1.29 is 44.2 Å². The second-order valence-corrected chi connectivity index (χ2v) is 7.39. The number of phenolic OH excluding ortho intramolecular Hbond substituents is 1. The number of aliphatic hydroxyl groups is 4. The first-order chi connectivity index (χ1) is 14.7. The average Bonchev–Trinajstić information content (AvgIpc) is 2.73. The third-order valence-corrected chi connectivity index (χ3v) is 5.38. The van der Waals surface area contributed by atoms with E-state index in [4.69, 9.17) is 18.6 Å². The van der Waals surface area contributed by atoms with E-state index in [1.165, 1.54) is 13.2 Å². The number of aromatic hydroxyl groups is 1. The normalized spacial score (nSPS) is 26.3. The Bertz CT molecular complexity index is 1180. The molecule has 2 aromatic carbocycles. The quantitative estimate of drug-likeness (QED) is 0.282. The van der Waals surface area contributed by atoms with Crippen LogP contribution in [0.3, 0.4) is 0 Å². The van der Waals surface area contributed by atoms with Crippen LogP contribution in [0.15, 0.2) is 33.5 Å². The Morgan fingerprint density at radius 1 is 1.00 bits per heavy atom. The molecule has 5 atom stereocenters. The second kappa shape index (κ2) is 7.98. The number of hydrogen-bond donors (Lipinski definition) is 5. The first-order valence-corrected chi connectivity index (χ1v) is 9.50. The maximum Gasteiger partial charge on any atom is 0.347 e. The number of benzene rings is 2. The second-order valence-electron chi connectivity index (χ2n) is 7.39. The van der Waals surface area contributed by atoms with Gasteiger partial charge in [-0.1, -0.05) is 0 Å². The number of hydrogen-bond acceptors (Lipinski definition) is 10. The zero-order valence-corrected chi connectivity index (χ0v) is 16.7. The molecule has 1 saturated heterocycles. The van der Waals surface area contributed by atoms with Crippen molar-refractivity contribution in [1.82, 2.24) is 0 Å². The summed E-state index contributed by atoms with van der Waals surface area (Å²) in [7, 11) is 1.48. The van der Waals surface area contributed by atoms with Crippen LogP contribution in [0.25, 0.3) is 21.7 Å². The van der Waals surface area contributed by atoms with Crippen molar-refractivity contribution in [3.63, 3.8) is 0 Å². The van der Waals surface area contributed by atoms with Crippen LogP contribution in [0.5, 0.6) is 17.2 Å². The summed E-state index contributed by atoms with van der Waals surface area (Å²) in [6.45, 7) is 1.17. The maximum atomic E-state index is 12.5. The van der Waals surface area contributed by atoms with Crippen LogP contribution in [0.4, 0.5) is 0 Å². The Balaban J connectivity index is 1.83. The van der Waals surface area contributed by atoms with Crippen LogP contribution >= 0.6 is 0 Å². The molecule has 3 aromatic rings. The Kier molecular flexibility index (Phi) is 5.50. The van der Waals surface area contributed by atoms with E-state index in [0.29, 0.717) is 22.1 Å². The summed E-state index contributed by atoms with van der Waals surface area (Å²) in [4.78, 5) is 12.5. The summed E-state index contributed by atoms with van der Waals surface area (Å²) in [5.41, 5.74) is 0.207. The zero-order chi connectivity index (χ0) is 22.4. The summed E-state index contributed by atoms with van der Waals surface area (Å²) in [6, 6.07) is 5.90. The lowest BCUT2D eigenvalue weighted by Crippen LogP contribution is -2.60. The highest BCUT2D eigenvalue weighted by molar-refractivity contribution is 6.08. The predicted octanol–water partition coefficient (Wildman–Crippen LogP) is 0.148. The number of fused-ring (bicyclic) bond motifs is 3. The Labute approximate surface area is 175 Å². The van der Waals surface area contributed by atoms with Crippen LogP contribution in [0, 0.1) is 6.92 Å². The van der Waals surface area contributed by atoms with E-state index in [-0.39, 0.29) is 16.7 Å². The first-order valence-electron chi connectivity index (χ1n) is 9.50. The van der Waals surface area contributed by atoms with Crippen molar-refractivity contribution in [3.8, 4) is 17.2 Å². The number of rotatable bonds is 4. The molecule has 1 fully saturated rings. The summed E-state index contributed by atoms with van der Waals surface area (Å²) < 4.78 is 21.5.